The second-order valence-electron chi connectivity index (χ2n) is 4.47. The van der Waals surface area contributed by atoms with Crippen molar-refractivity contribution in [1.82, 2.24) is 4.90 Å². The quantitative estimate of drug-likeness (QED) is 0.464. The summed E-state index contributed by atoms with van der Waals surface area (Å²) < 4.78 is 0. The SMILES string of the molecule is CCC(=O)OOCC(C)N1C(=O)c2ccccc2C1=O. The molecule has 0 N–H and O–H groups in total. The van der Waals surface area contributed by atoms with Gasteiger partial charge < -0.3 is 0 Å². The summed E-state index contributed by atoms with van der Waals surface area (Å²) in [6.07, 6.45) is 0.196. The van der Waals surface area contributed by atoms with Gasteiger partial charge in [-0.25, -0.2) is 4.79 Å². The summed E-state index contributed by atoms with van der Waals surface area (Å²) in [6.45, 7) is 3.23. The molecule has 0 aromatic heterocycles. The van der Waals surface area contributed by atoms with E-state index in [-0.39, 0.29) is 24.8 Å². The van der Waals surface area contributed by atoms with Crippen molar-refractivity contribution < 1.29 is 24.2 Å². The van der Waals surface area contributed by atoms with E-state index in [1.807, 2.05) is 0 Å². The summed E-state index contributed by atoms with van der Waals surface area (Å²) >= 11 is 0. The Hall–Kier alpha value is -2.21. The van der Waals surface area contributed by atoms with Crippen molar-refractivity contribution in [2.45, 2.75) is 26.3 Å². The number of carbonyl (C=O) groups excluding carboxylic acids is 3. The highest BCUT2D eigenvalue weighted by molar-refractivity contribution is 6.21. The Morgan fingerprint density at radius 1 is 1.20 bits per heavy atom. The first kappa shape index (κ1) is 14.2. The standard InChI is InChI=1S/C14H15NO5/c1-3-12(16)20-19-8-9(2)15-13(17)10-6-4-5-7-11(10)14(15)18/h4-7,9H,3,8H2,1-2H3. The molecule has 106 valence electrons. The molecule has 0 aliphatic carbocycles. The fourth-order valence-corrected chi connectivity index (χ4v) is 1.94. The fourth-order valence-electron chi connectivity index (χ4n) is 1.94. The number of hydrogen-bond donors (Lipinski definition) is 0. The van der Waals surface area contributed by atoms with Crippen LogP contribution >= 0.6 is 0 Å². The second-order valence-corrected chi connectivity index (χ2v) is 4.47. The molecule has 0 radical (unpaired) electrons. The molecule has 0 saturated carbocycles. The summed E-state index contributed by atoms with van der Waals surface area (Å²) in [5, 5.41) is 0. The Balaban J connectivity index is 2.02. The van der Waals surface area contributed by atoms with Crippen molar-refractivity contribution >= 4 is 17.8 Å². The van der Waals surface area contributed by atoms with Crippen LogP contribution in [0, 0.1) is 0 Å². The Morgan fingerprint density at radius 2 is 1.75 bits per heavy atom. The van der Waals surface area contributed by atoms with Crippen molar-refractivity contribution in [2.24, 2.45) is 0 Å². The molecule has 0 fully saturated rings. The van der Waals surface area contributed by atoms with Gasteiger partial charge in [0.05, 0.1) is 17.2 Å². The van der Waals surface area contributed by atoms with E-state index in [1.165, 1.54) is 0 Å². The number of carbonyl (C=O) groups is 3. The van der Waals surface area contributed by atoms with Gasteiger partial charge in [0.1, 0.15) is 6.61 Å². The smallest absolute Gasteiger partial charge is 0.298 e. The maximum atomic E-state index is 12.1. The highest BCUT2D eigenvalue weighted by Gasteiger charge is 2.38. The van der Waals surface area contributed by atoms with E-state index in [0.29, 0.717) is 11.1 Å². The van der Waals surface area contributed by atoms with Gasteiger partial charge in [0.2, 0.25) is 0 Å². The van der Waals surface area contributed by atoms with Gasteiger partial charge in [0.15, 0.2) is 0 Å². The molecule has 0 spiro atoms. The molecule has 0 saturated heterocycles. The van der Waals surface area contributed by atoms with Crippen LogP contribution in [0.15, 0.2) is 24.3 Å². The molecule has 20 heavy (non-hydrogen) atoms. The molecule has 1 heterocycles. The van der Waals surface area contributed by atoms with Crippen molar-refractivity contribution in [3.8, 4) is 0 Å². The number of imide groups is 1. The lowest BCUT2D eigenvalue weighted by atomic mass is 10.1. The van der Waals surface area contributed by atoms with Gasteiger partial charge in [-0.1, -0.05) is 19.1 Å². The lowest BCUT2D eigenvalue weighted by Crippen LogP contribution is -2.40. The summed E-state index contributed by atoms with van der Waals surface area (Å²) in [5.74, 6) is -1.22. The summed E-state index contributed by atoms with van der Waals surface area (Å²) in [7, 11) is 0. The van der Waals surface area contributed by atoms with Gasteiger partial charge in [0, 0.05) is 6.42 Å². The van der Waals surface area contributed by atoms with Crippen LogP contribution in [-0.4, -0.2) is 35.3 Å². The van der Waals surface area contributed by atoms with Crippen molar-refractivity contribution in [1.29, 1.82) is 0 Å². The van der Waals surface area contributed by atoms with E-state index in [1.54, 1.807) is 38.1 Å². The van der Waals surface area contributed by atoms with Gasteiger partial charge in [0.25, 0.3) is 11.8 Å². The second kappa shape index (κ2) is 5.83. The summed E-state index contributed by atoms with van der Waals surface area (Å²) in [6, 6.07) is 6.11. The number of benzene rings is 1. The molecule has 6 nitrogen and oxygen atoms in total. The zero-order valence-corrected chi connectivity index (χ0v) is 11.3. The molecule has 1 aliphatic rings. The largest absolute Gasteiger partial charge is 0.342 e. The first-order valence-corrected chi connectivity index (χ1v) is 6.35. The number of hydrogen-bond acceptors (Lipinski definition) is 5. The van der Waals surface area contributed by atoms with Gasteiger partial charge in [-0.2, -0.15) is 4.89 Å². The Kier molecular flexibility index (Phi) is 4.14. The van der Waals surface area contributed by atoms with Gasteiger partial charge >= 0.3 is 5.97 Å². The minimum atomic E-state index is -0.521. The Bertz CT molecular complexity index is 519. The van der Waals surface area contributed by atoms with E-state index in [9.17, 15) is 14.4 Å². The van der Waals surface area contributed by atoms with Crippen LogP contribution in [0.1, 0.15) is 41.0 Å². The van der Waals surface area contributed by atoms with E-state index in [0.717, 1.165) is 4.90 Å². The number of fused-ring (bicyclic) bond motifs is 1. The number of nitrogens with zero attached hydrogens (tertiary/aromatic N) is 1. The van der Waals surface area contributed by atoms with Gasteiger partial charge in [-0.3, -0.25) is 19.4 Å². The highest BCUT2D eigenvalue weighted by Crippen LogP contribution is 2.24. The molecule has 1 unspecified atom stereocenters. The predicted molar refractivity (Wildman–Crippen MR) is 68.7 cm³/mol. The molecule has 2 amide bonds. The van der Waals surface area contributed by atoms with E-state index >= 15 is 0 Å². The van der Waals surface area contributed by atoms with Crippen LogP contribution in [-0.2, 0) is 14.6 Å². The van der Waals surface area contributed by atoms with Crippen molar-refractivity contribution in [3.05, 3.63) is 35.4 Å². The average molecular weight is 277 g/mol. The third-order valence-corrected chi connectivity index (χ3v) is 3.02. The lowest BCUT2D eigenvalue weighted by Gasteiger charge is -2.21. The molecule has 1 aliphatic heterocycles. The van der Waals surface area contributed by atoms with Crippen LogP contribution in [0.2, 0.25) is 0 Å². The van der Waals surface area contributed by atoms with Crippen molar-refractivity contribution in [3.63, 3.8) is 0 Å². The molecular formula is C14H15NO5. The molecule has 1 atom stereocenters. The molecular weight excluding hydrogens is 262 g/mol. The van der Waals surface area contributed by atoms with E-state index in [4.69, 9.17) is 4.89 Å². The Morgan fingerprint density at radius 3 is 2.25 bits per heavy atom. The lowest BCUT2D eigenvalue weighted by molar-refractivity contribution is -0.275. The van der Waals surface area contributed by atoms with Gasteiger partial charge in [-0.05, 0) is 19.1 Å². The Labute approximate surface area is 116 Å². The topological polar surface area (TPSA) is 72.9 Å². The first-order chi connectivity index (χ1) is 9.56. The number of amides is 2. The van der Waals surface area contributed by atoms with Crippen LogP contribution < -0.4 is 0 Å². The third-order valence-electron chi connectivity index (χ3n) is 3.02. The van der Waals surface area contributed by atoms with Crippen LogP contribution in [0.25, 0.3) is 0 Å². The molecule has 6 heteroatoms. The average Bonchev–Trinajstić information content (AvgIpc) is 2.71. The molecule has 1 aromatic rings. The molecule has 2 rings (SSSR count). The maximum absolute atomic E-state index is 12.1. The fraction of sp³-hybridized carbons (Fsp3) is 0.357. The summed E-state index contributed by atoms with van der Waals surface area (Å²) in [5.41, 5.74) is 0.768. The number of rotatable bonds is 5. The van der Waals surface area contributed by atoms with Gasteiger partial charge in [-0.15, -0.1) is 0 Å². The summed E-state index contributed by atoms with van der Waals surface area (Å²) in [4.78, 5) is 45.6. The van der Waals surface area contributed by atoms with Crippen LogP contribution in [0.3, 0.4) is 0 Å². The van der Waals surface area contributed by atoms with Crippen molar-refractivity contribution in [2.75, 3.05) is 6.61 Å². The molecule has 0 bridgehead atoms. The predicted octanol–water partition coefficient (Wildman–Crippen LogP) is 1.56. The zero-order chi connectivity index (χ0) is 14.7. The monoisotopic (exact) mass is 277 g/mol. The highest BCUT2D eigenvalue weighted by atomic mass is 17.2. The molecule has 1 aromatic carbocycles. The van der Waals surface area contributed by atoms with E-state index in [2.05, 4.69) is 4.89 Å². The third kappa shape index (κ3) is 2.55. The minimum absolute atomic E-state index is 0.0583. The normalized spacial score (nSPS) is 15.2. The van der Waals surface area contributed by atoms with E-state index < -0.39 is 12.0 Å². The minimum Gasteiger partial charge on any atom is -0.298 e. The first-order valence-electron chi connectivity index (χ1n) is 6.35. The van der Waals surface area contributed by atoms with Crippen LogP contribution in [0.4, 0.5) is 0 Å². The van der Waals surface area contributed by atoms with Crippen LogP contribution in [0.5, 0.6) is 0 Å². The maximum Gasteiger partial charge on any atom is 0.342 e. The zero-order valence-electron chi connectivity index (χ0n) is 11.3.